The van der Waals surface area contributed by atoms with Crippen LogP contribution in [0.5, 0.6) is 0 Å². The second-order valence-electron chi connectivity index (χ2n) is 25.4. The predicted octanol–water partition coefficient (Wildman–Crippen LogP) is 5.41. The van der Waals surface area contributed by atoms with Gasteiger partial charge in [-0.15, -0.1) is 0 Å². The molecule has 0 amide bonds. The number of fused-ring (bicyclic) bond motifs is 10. The molecule has 8 aliphatic rings. The molecule has 0 radical (unpaired) electrons. The van der Waals surface area contributed by atoms with Crippen molar-refractivity contribution in [2.24, 2.45) is 33.5 Å². The van der Waals surface area contributed by atoms with Crippen LogP contribution < -0.4 is 0 Å². The van der Waals surface area contributed by atoms with E-state index in [2.05, 4.69) is 0 Å². The molecule has 22 nitrogen and oxygen atoms in total. The van der Waals surface area contributed by atoms with Crippen LogP contribution >= 0.6 is 16.9 Å². The number of aliphatic hydroxyl groups excluding tert-OH is 5. The number of hydrogen-bond acceptors (Lipinski definition) is 22. The molecule has 18 atom stereocenters. The molecule has 0 spiro atoms. The zero-order valence-electron chi connectivity index (χ0n) is 50.0. The first kappa shape index (κ1) is 69.2. The third-order valence-electron chi connectivity index (χ3n) is 20.3. The molecule has 4 bridgehead atoms. The van der Waals surface area contributed by atoms with Gasteiger partial charge in [0.25, 0.3) is 0 Å². The van der Waals surface area contributed by atoms with Crippen molar-refractivity contribution < 1.29 is 138 Å². The van der Waals surface area contributed by atoms with Crippen molar-refractivity contribution in [2.45, 2.75) is 185 Å². The first-order valence-corrected chi connectivity index (χ1v) is 40.4. The van der Waals surface area contributed by atoms with E-state index in [1.165, 1.54) is 52.0 Å². The number of halogens is 3. The fourth-order valence-electron chi connectivity index (χ4n) is 15.7. The molecule has 2 aromatic rings. The maximum atomic E-state index is 14.9. The Hall–Kier alpha value is -3.70. The molecule has 2 heterocycles. The van der Waals surface area contributed by atoms with Crippen molar-refractivity contribution in [3.8, 4) is 0 Å². The summed E-state index contributed by atoms with van der Waals surface area (Å²) in [6.45, 7) is 16.0. The van der Waals surface area contributed by atoms with Crippen molar-refractivity contribution in [3.63, 3.8) is 0 Å². The van der Waals surface area contributed by atoms with E-state index in [1.54, 1.807) is 84.9 Å². The van der Waals surface area contributed by atoms with E-state index >= 15 is 0 Å². The van der Waals surface area contributed by atoms with E-state index in [4.69, 9.17) is 54.8 Å². The van der Waals surface area contributed by atoms with Crippen LogP contribution in [-0.2, 0) is 57.1 Å². The van der Waals surface area contributed by atoms with Gasteiger partial charge in [-0.3, -0.25) is 19.2 Å². The number of ketones is 2. The SMILES string of the molecule is CC(=O)O[C@@]12CO[C@@H]1CC(O)[C@@]1(C)C(=O)[C@H](O)C3=C(C)[C@@H](O)C[C@@](O)([C@@H](OC(=O)c4ccccc4)C12)C3(C)C.CCOC(=O)OC1C(=O)[C@@]2(C)C([C@H](OC(=O)c3ccccc3)[C@]3(O)C[C@H](O)C(C)=C1C3(C)C)[C@]1(OC(C)=O)CO[C@@H]1C[C@@H]2O.[Cl][Ce]([Cl])[Cl]. The molecule has 4 saturated carbocycles. The van der Waals surface area contributed by atoms with Gasteiger partial charge in [-0.05, 0) is 81.2 Å². The van der Waals surface area contributed by atoms with Crippen molar-refractivity contribution in [2.75, 3.05) is 19.8 Å². The van der Waals surface area contributed by atoms with E-state index in [9.17, 15) is 69.3 Å². The Morgan fingerprint density at radius 2 is 0.966 bits per heavy atom. The molecule has 4 unspecified atom stereocenters. The predicted molar refractivity (Wildman–Crippen MR) is 304 cm³/mol. The van der Waals surface area contributed by atoms with Gasteiger partial charge >= 0.3 is 77.6 Å². The van der Waals surface area contributed by atoms with Crippen LogP contribution in [0.2, 0.25) is 0 Å². The molecule has 10 rings (SSSR count). The topological polar surface area (TPSA) is 335 Å². The summed E-state index contributed by atoms with van der Waals surface area (Å²) in [6.07, 6.45) is -16.0. The van der Waals surface area contributed by atoms with Gasteiger partial charge < -0.3 is 73.6 Å². The molecule has 87 heavy (non-hydrogen) atoms. The van der Waals surface area contributed by atoms with Gasteiger partial charge in [0, 0.05) is 50.4 Å². The van der Waals surface area contributed by atoms with Gasteiger partial charge in [0.1, 0.15) is 41.7 Å². The van der Waals surface area contributed by atoms with E-state index < -0.39 is 189 Å². The van der Waals surface area contributed by atoms with Crippen molar-refractivity contribution in [3.05, 3.63) is 94.1 Å². The van der Waals surface area contributed by atoms with E-state index in [-0.39, 0.29) is 73.4 Å². The third-order valence-corrected chi connectivity index (χ3v) is 20.3. The van der Waals surface area contributed by atoms with Gasteiger partial charge in [-0.2, -0.15) is 0 Å². The number of benzene rings is 2. The number of hydrogen-bond donors (Lipinski definition) is 7. The summed E-state index contributed by atoms with van der Waals surface area (Å²) in [7, 11) is 0. The fourth-order valence-corrected chi connectivity index (χ4v) is 15.7. The first-order chi connectivity index (χ1) is 40.4. The zero-order chi connectivity index (χ0) is 64.7. The number of rotatable bonds is 8. The maximum absolute atomic E-state index is 14.9. The molecule has 26 heteroatoms. The second kappa shape index (κ2) is 25.1. The summed E-state index contributed by atoms with van der Waals surface area (Å²) in [5.74, 6) is -7.36. The molecular weight excluding hydrogens is 1330 g/mol. The number of Topliss-reactive ketones (excluding diaryl/α,β-unsaturated/α-hetero) is 2. The van der Waals surface area contributed by atoms with Crippen LogP contribution in [0.4, 0.5) is 4.79 Å². The molecule has 477 valence electrons. The minimum absolute atomic E-state index is 0.0532. The van der Waals surface area contributed by atoms with Crippen LogP contribution in [0.15, 0.2) is 83.0 Å². The summed E-state index contributed by atoms with van der Waals surface area (Å²) >= 11 is -2.24. The number of esters is 4. The summed E-state index contributed by atoms with van der Waals surface area (Å²) in [5, 5.41) is 82.8. The first-order valence-electron chi connectivity index (χ1n) is 28.6. The quantitative estimate of drug-likeness (QED) is 0.0986. The number of carbonyl (C=O) groups is 7. The summed E-state index contributed by atoms with van der Waals surface area (Å²) in [6, 6.07) is 16.1. The Morgan fingerprint density at radius 1 is 0.598 bits per heavy atom. The van der Waals surface area contributed by atoms with E-state index in [0.717, 1.165) is 0 Å². The second-order valence-corrected chi connectivity index (χ2v) is 39.2. The molecule has 6 aliphatic carbocycles. The average Bonchev–Trinajstić information content (AvgIpc) is 0.681. The average molecular weight is 1410 g/mol. The fraction of sp³-hybridized carbons (Fsp3) is 0.623. The minimum atomic E-state index is -2.24. The Morgan fingerprint density at radius 3 is 1.32 bits per heavy atom. The van der Waals surface area contributed by atoms with Crippen molar-refractivity contribution in [1.82, 2.24) is 0 Å². The van der Waals surface area contributed by atoms with Crippen LogP contribution in [0.3, 0.4) is 0 Å². The van der Waals surface area contributed by atoms with Crippen LogP contribution in [-0.4, -0.2) is 181 Å². The molecule has 2 saturated heterocycles. The Balaban J connectivity index is 0.000000214. The van der Waals surface area contributed by atoms with E-state index in [1.807, 2.05) is 0 Å². The van der Waals surface area contributed by atoms with Gasteiger partial charge in [-0.1, -0.05) is 64.1 Å². The summed E-state index contributed by atoms with van der Waals surface area (Å²) < 4.78 is 46.3. The molecule has 2 aromatic carbocycles. The standard InChI is InChI=1S/C32H40O12.C29H36O10.Ce.3ClH/c1-7-40-28(38)42-23-22-16(2)19(34)14-32(39,29(22,4)5)26(43-27(37)18-11-9-8-10-12-18)24-30(6,25(23)36)20(35)13-21-31(24,15-41-21)44-17(3)33;1-14-17(31)12-29(36)24(38-25(35)16-9-7-6-8-10-16)22-27(5,23(34)21(33)20(14)26(29,3)4)18(32)11-19-28(22,13-37-19)39-15(2)30;;;;/h8-12,19-21,23-24,26,34-35,39H,7,13-15H2,1-6H3;6-10,17-19,21-22,24,31-33,36H,11-13H2,1-5H3;;3*1H/q;;+3;;;/p-3/t19-,20-,21+,23?,24?,26-,30+,31-,32+;17-,18?,19+,21+,22?,24-,27+,28-,29+;;;;/m00..../s1. The van der Waals surface area contributed by atoms with Gasteiger partial charge in [0.15, 0.2) is 28.9 Å². The number of carbonyl (C=O) groups excluding carboxylic acids is 7. The van der Waals surface area contributed by atoms with Gasteiger partial charge in [-0.25, -0.2) is 14.4 Å². The van der Waals surface area contributed by atoms with Crippen LogP contribution in [0, 0.1) is 64.2 Å². The number of ether oxygens (including phenoxy) is 8. The summed E-state index contributed by atoms with van der Waals surface area (Å²) in [4.78, 5) is 94.4. The molecule has 0 aromatic heterocycles. The molecule has 6 fully saturated rings. The Kier molecular flexibility index (Phi) is 19.9. The van der Waals surface area contributed by atoms with Crippen molar-refractivity contribution >= 4 is 58.5 Å². The Bertz CT molecular complexity index is 3100. The summed E-state index contributed by atoms with van der Waals surface area (Å²) in [5.41, 5.74) is 2.12. The van der Waals surface area contributed by atoms with Gasteiger partial charge in [0.2, 0.25) is 0 Å². The van der Waals surface area contributed by atoms with Gasteiger partial charge in [0.05, 0.1) is 78.0 Å². The third kappa shape index (κ3) is 11.2. The molecule has 7 N–H and O–H groups in total. The van der Waals surface area contributed by atoms with Crippen molar-refractivity contribution in [1.29, 1.82) is 0 Å². The number of aliphatic hydroxyl groups is 7. The molecular formula is C61H76CeCl3O22. The Labute approximate surface area is 524 Å². The van der Waals surface area contributed by atoms with Crippen LogP contribution in [0.25, 0.3) is 0 Å². The monoisotopic (exact) mass is 1410 g/mol. The molecule has 2 aliphatic heterocycles. The normalized spacial score (nSPS) is 39.2. The van der Waals surface area contributed by atoms with Crippen LogP contribution in [0.1, 0.15) is 123 Å². The zero-order valence-corrected chi connectivity index (χ0v) is 55.4. The van der Waals surface area contributed by atoms with E-state index in [0.29, 0.717) is 5.57 Å².